The van der Waals surface area contributed by atoms with Crippen molar-refractivity contribution < 1.29 is 28.6 Å². The van der Waals surface area contributed by atoms with Crippen LogP contribution in [0, 0.1) is 0 Å². The van der Waals surface area contributed by atoms with Crippen molar-refractivity contribution in [1.82, 2.24) is 5.32 Å². The summed E-state index contributed by atoms with van der Waals surface area (Å²) in [6.45, 7) is -0.0809. The van der Waals surface area contributed by atoms with Gasteiger partial charge in [0, 0.05) is 12.1 Å². The molecule has 0 aromatic heterocycles. The summed E-state index contributed by atoms with van der Waals surface area (Å²) < 4.78 is 17.0. The molecule has 0 aliphatic heterocycles. The van der Waals surface area contributed by atoms with Gasteiger partial charge in [0.15, 0.2) is 12.4 Å². The van der Waals surface area contributed by atoms with Gasteiger partial charge in [-0.1, -0.05) is 71.9 Å². The van der Waals surface area contributed by atoms with Gasteiger partial charge in [0.05, 0.1) is 10.8 Å². The summed E-state index contributed by atoms with van der Waals surface area (Å²) in [4.78, 5) is 35.1. The summed E-state index contributed by atoms with van der Waals surface area (Å²) in [5.74, 6) is -0.131. The molecule has 188 valence electrons. The van der Waals surface area contributed by atoms with Crippen LogP contribution in [0.1, 0.15) is 27.6 Å². The second-order valence-electron chi connectivity index (χ2n) is 7.62. The van der Waals surface area contributed by atoms with E-state index in [0.717, 1.165) is 22.9 Å². The number of halogens is 1. The molecule has 7 nitrogen and oxygen atoms in total. The molecule has 0 saturated carbocycles. The van der Waals surface area contributed by atoms with E-state index in [2.05, 4.69) is 5.32 Å². The topological polar surface area (TPSA) is 90.9 Å². The number of thioether (sulfide) groups is 1. The van der Waals surface area contributed by atoms with Crippen molar-refractivity contribution in [1.29, 1.82) is 0 Å². The van der Waals surface area contributed by atoms with E-state index in [4.69, 9.17) is 25.8 Å². The van der Waals surface area contributed by atoms with Crippen molar-refractivity contribution in [2.75, 3.05) is 20.4 Å². The smallest absolute Gasteiger partial charge is 0.340 e. The molecule has 0 aliphatic carbocycles. The standard InChI is InChI=1S/C27H26ClNO6S/c1-29-26(31)25(36-17-30)14-19-10-12-23(13-11-19)33-16-24(20-6-3-2-4-7-20)34-18-35-27(32)21-8-5-9-22(28)15-21/h2-13,15,17,24-25H,14,16,18H2,1H3,(H,29,31). The van der Waals surface area contributed by atoms with Crippen LogP contribution in [0.25, 0.3) is 0 Å². The van der Waals surface area contributed by atoms with Crippen LogP contribution in [0.2, 0.25) is 5.02 Å². The molecule has 0 aliphatic rings. The first-order valence-electron chi connectivity index (χ1n) is 11.1. The summed E-state index contributed by atoms with van der Waals surface area (Å²) in [6.07, 6.45) is -0.0726. The quantitative estimate of drug-likeness (QED) is 0.192. The number of hydrogen-bond acceptors (Lipinski definition) is 7. The predicted octanol–water partition coefficient (Wildman–Crippen LogP) is 4.87. The van der Waals surface area contributed by atoms with Gasteiger partial charge >= 0.3 is 5.97 Å². The van der Waals surface area contributed by atoms with E-state index in [1.54, 1.807) is 37.4 Å². The van der Waals surface area contributed by atoms with Gasteiger partial charge in [-0.2, -0.15) is 0 Å². The average molecular weight is 528 g/mol. The number of hydrogen-bond donors (Lipinski definition) is 1. The molecule has 2 atom stereocenters. The monoisotopic (exact) mass is 527 g/mol. The van der Waals surface area contributed by atoms with Gasteiger partial charge in [0.2, 0.25) is 5.91 Å². The number of carbonyl (C=O) groups is 3. The van der Waals surface area contributed by atoms with E-state index in [1.165, 1.54) is 6.07 Å². The Labute approximate surface area is 219 Å². The minimum absolute atomic E-state index is 0.180. The summed E-state index contributed by atoms with van der Waals surface area (Å²) in [6, 6.07) is 23.3. The van der Waals surface area contributed by atoms with E-state index in [0.29, 0.717) is 28.4 Å². The lowest BCUT2D eigenvalue weighted by molar-refractivity contribution is -0.120. The van der Waals surface area contributed by atoms with Crippen LogP contribution in [-0.2, 0) is 25.5 Å². The first-order valence-corrected chi connectivity index (χ1v) is 12.4. The van der Waals surface area contributed by atoms with Crippen LogP contribution >= 0.6 is 23.4 Å². The third-order valence-corrected chi connectivity index (χ3v) is 6.25. The zero-order valence-electron chi connectivity index (χ0n) is 19.6. The Morgan fingerprint density at radius 3 is 2.44 bits per heavy atom. The number of carbonyl (C=O) groups excluding carboxylic acids is 3. The zero-order valence-corrected chi connectivity index (χ0v) is 21.2. The molecule has 3 rings (SSSR count). The Morgan fingerprint density at radius 1 is 1.03 bits per heavy atom. The first kappa shape index (κ1) is 27.3. The fourth-order valence-electron chi connectivity index (χ4n) is 3.32. The lowest BCUT2D eigenvalue weighted by Gasteiger charge is -2.19. The SMILES string of the molecule is CNC(=O)C(Cc1ccc(OCC(OCOC(=O)c2cccc(Cl)c2)c2ccccc2)cc1)SC=O. The van der Waals surface area contributed by atoms with E-state index in [1.807, 2.05) is 42.5 Å². The Hall–Kier alpha value is -3.33. The van der Waals surface area contributed by atoms with Crippen molar-refractivity contribution >= 4 is 40.9 Å². The fraction of sp³-hybridized carbons (Fsp3) is 0.222. The molecule has 1 N–H and O–H groups in total. The number of rotatable bonds is 13. The molecule has 9 heteroatoms. The van der Waals surface area contributed by atoms with E-state index < -0.39 is 17.3 Å². The van der Waals surface area contributed by atoms with E-state index in [-0.39, 0.29) is 19.3 Å². The van der Waals surface area contributed by atoms with E-state index in [9.17, 15) is 14.4 Å². The highest BCUT2D eigenvalue weighted by Gasteiger charge is 2.19. The van der Waals surface area contributed by atoms with Gasteiger partial charge in [-0.3, -0.25) is 9.59 Å². The molecule has 0 spiro atoms. The largest absolute Gasteiger partial charge is 0.491 e. The summed E-state index contributed by atoms with van der Waals surface area (Å²) >= 11 is 6.88. The van der Waals surface area contributed by atoms with Crippen LogP contribution < -0.4 is 10.1 Å². The maximum Gasteiger partial charge on any atom is 0.340 e. The molecule has 3 aromatic rings. The van der Waals surface area contributed by atoms with Crippen LogP contribution in [-0.4, -0.2) is 43.2 Å². The van der Waals surface area contributed by atoms with Gasteiger partial charge in [0.25, 0.3) is 0 Å². The number of esters is 1. The van der Waals surface area contributed by atoms with Crippen molar-refractivity contribution in [3.05, 3.63) is 101 Å². The number of nitrogens with one attached hydrogen (secondary N) is 1. The molecule has 36 heavy (non-hydrogen) atoms. The average Bonchev–Trinajstić information content (AvgIpc) is 2.91. The minimum Gasteiger partial charge on any atom is -0.491 e. The van der Waals surface area contributed by atoms with Gasteiger partial charge in [0.1, 0.15) is 18.5 Å². The van der Waals surface area contributed by atoms with Gasteiger partial charge in [-0.25, -0.2) is 4.79 Å². The maximum atomic E-state index is 12.3. The van der Waals surface area contributed by atoms with E-state index >= 15 is 0 Å². The number of ether oxygens (including phenoxy) is 3. The molecular weight excluding hydrogens is 502 g/mol. The van der Waals surface area contributed by atoms with Crippen molar-refractivity contribution in [2.45, 2.75) is 17.8 Å². The van der Waals surface area contributed by atoms with Crippen LogP contribution in [0.5, 0.6) is 5.75 Å². The first-order chi connectivity index (χ1) is 17.5. The lowest BCUT2D eigenvalue weighted by Crippen LogP contribution is -2.31. The summed E-state index contributed by atoms with van der Waals surface area (Å²) in [5, 5.41) is 2.52. The predicted molar refractivity (Wildman–Crippen MR) is 140 cm³/mol. The molecule has 0 bridgehead atoms. The molecular formula is C27H26ClNO6S. The lowest BCUT2D eigenvalue weighted by atomic mass is 10.1. The fourth-order valence-corrected chi connectivity index (χ4v) is 4.17. The van der Waals surface area contributed by atoms with Gasteiger partial charge in [-0.05, 0) is 47.9 Å². The normalized spacial score (nSPS) is 12.3. The molecule has 1 amide bonds. The number of amides is 1. The highest BCUT2D eigenvalue weighted by atomic mass is 35.5. The molecule has 0 heterocycles. The van der Waals surface area contributed by atoms with Crippen LogP contribution in [0.4, 0.5) is 0 Å². The highest BCUT2D eigenvalue weighted by Crippen LogP contribution is 2.22. The third-order valence-electron chi connectivity index (χ3n) is 5.20. The molecule has 2 unspecified atom stereocenters. The molecule has 0 radical (unpaired) electrons. The second kappa shape index (κ2) is 14.3. The molecule has 0 saturated heterocycles. The third kappa shape index (κ3) is 8.41. The van der Waals surface area contributed by atoms with Crippen LogP contribution in [0.15, 0.2) is 78.9 Å². The van der Waals surface area contributed by atoms with Crippen molar-refractivity contribution in [3.8, 4) is 5.75 Å². The summed E-state index contributed by atoms with van der Waals surface area (Å²) in [5.41, 5.74) is 2.78. The molecule has 3 aromatic carbocycles. The van der Waals surface area contributed by atoms with Crippen LogP contribution in [0.3, 0.4) is 0 Å². The summed E-state index contributed by atoms with van der Waals surface area (Å²) in [7, 11) is 1.54. The zero-order chi connectivity index (χ0) is 25.8. The Morgan fingerprint density at radius 2 is 1.78 bits per heavy atom. The Kier molecular flexibility index (Phi) is 10.8. The maximum absolute atomic E-state index is 12.3. The number of benzene rings is 3. The Balaban J connectivity index is 1.58. The highest BCUT2D eigenvalue weighted by molar-refractivity contribution is 8.13. The van der Waals surface area contributed by atoms with Gasteiger partial charge in [-0.15, -0.1) is 0 Å². The Bertz CT molecular complexity index is 1140. The van der Waals surface area contributed by atoms with Crippen molar-refractivity contribution in [3.63, 3.8) is 0 Å². The van der Waals surface area contributed by atoms with Gasteiger partial charge < -0.3 is 19.5 Å². The van der Waals surface area contributed by atoms with Crippen molar-refractivity contribution in [2.24, 2.45) is 0 Å². The molecule has 0 fully saturated rings. The second-order valence-corrected chi connectivity index (χ2v) is 9.09. The minimum atomic E-state index is -0.538.